The normalized spacial score (nSPS) is 12.0. The summed E-state index contributed by atoms with van der Waals surface area (Å²) in [5, 5.41) is 14.4. The zero-order valence-electron chi connectivity index (χ0n) is 12.6. The molecule has 21 heavy (non-hydrogen) atoms. The monoisotopic (exact) mass is 294 g/mol. The maximum absolute atomic E-state index is 11.9. The van der Waals surface area contributed by atoms with Gasteiger partial charge in [0.1, 0.15) is 0 Å². The Bertz CT molecular complexity index is 488. The Morgan fingerprint density at radius 3 is 2.52 bits per heavy atom. The number of amides is 2. The number of methoxy groups -OCH3 is 1. The predicted octanol–water partition coefficient (Wildman–Crippen LogP) is 2.31. The van der Waals surface area contributed by atoms with Crippen LogP contribution >= 0.6 is 0 Å². The molecule has 0 heterocycles. The standard InChI is InChI=1S/C15H22N2O4/c1-10(2)12(14(18)19)8-16-15(20)17-13-7-5-4-6-11(13)9-21-3/h4-7,10,12H,8-9H2,1-3H3,(H,18,19)(H2,16,17,20). The molecular formula is C15H22N2O4. The first-order valence-corrected chi connectivity index (χ1v) is 6.80. The lowest BCUT2D eigenvalue weighted by atomic mass is 9.96. The lowest BCUT2D eigenvalue weighted by Gasteiger charge is -2.17. The van der Waals surface area contributed by atoms with Crippen LogP contribution in [0.2, 0.25) is 0 Å². The Labute approximate surface area is 124 Å². The number of hydrogen-bond donors (Lipinski definition) is 3. The Kier molecular flexibility index (Phi) is 6.68. The van der Waals surface area contributed by atoms with Crippen molar-refractivity contribution in [1.29, 1.82) is 0 Å². The van der Waals surface area contributed by atoms with Crippen molar-refractivity contribution < 1.29 is 19.4 Å². The van der Waals surface area contributed by atoms with Crippen molar-refractivity contribution in [3.05, 3.63) is 29.8 Å². The summed E-state index contributed by atoms with van der Waals surface area (Å²) in [7, 11) is 1.58. The van der Waals surface area contributed by atoms with Crippen molar-refractivity contribution in [2.75, 3.05) is 19.0 Å². The van der Waals surface area contributed by atoms with Gasteiger partial charge in [0.15, 0.2) is 0 Å². The van der Waals surface area contributed by atoms with Gasteiger partial charge in [-0.25, -0.2) is 4.79 Å². The molecule has 116 valence electrons. The molecule has 0 spiro atoms. The summed E-state index contributed by atoms with van der Waals surface area (Å²) in [6.07, 6.45) is 0. The molecule has 0 bridgehead atoms. The summed E-state index contributed by atoms with van der Waals surface area (Å²) in [6, 6.07) is 6.86. The van der Waals surface area contributed by atoms with Crippen LogP contribution in [-0.4, -0.2) is 30.8 Å². The molecular weight excluding hydrogens is 272 g/mol. The summed E-state index contributed by atoms with van der Waals surface area (Å²) in [5.74, 6) is -1.57. The molecule has 1 aromatic carbocycles. The summed E-state index contributed by atoms with van der Waals surface area (Å²) in [4.78, 5) is 22.9. The molecule has 1 aromatic rings. The minimum Gasteiger partial charge on any atom is -0.481 e. The van der Waals surface area contributed by atoms with Crippen LogP contribution in [0, 0.1) is 11.8 Å². The van der Waals surface area contributed by atoms with Crippen LogP contribution in [0.5, 0.6) is 0 Å². The Balaban J connectivity index is 2.60. The third-order valence-corrected chi connectivity index (χ3v) is 3.17. The third kappa shape index (κ3) is 5.43. The van der Waals surface area contributed by atoms with Crippen molar-refractivity contribution >= 4 is 17.7 Å². The molecule has 0 radical (unpaired) electrons. The molecule has 0 saturated heterocycles. The summed E-state index contributed by atoms with van der Waals surface area (Å²) in [5.41, 5.74) is 1.50. The number of aliphatic carboxylic acids is 1. The van der Waals surface area contributed by atoms with Crippen molar-refractivity contribution in [3.8, 4) is 0 Å². The third-order valence-electron chi connectivity index (χ3n) is 3.17. The second kappa shape index (κ2) is 8.26. The van der Waals surface area contributed by atoms with Crippen molar-refractivity contribution in [1.82, 2.24) is 5.32 Å². The van der Waals surface area contributed by atoms with Crippen LogP contribution < -0.4 is 10.6 Å². The van der Waals surface area contributed by atoms with Gasteiger partial charge < -0.3 is 20.5 Å². The lowest BCUT2D eigenvalue weighted by Crippen LogP contribution is -2.37. The van der Waals surface area contributed by atoms with E-state index in [-0.39, 0.29) is 12.5 Å². The predicted molar refractivity (Wildman–Crippen MR) is 80.1 cm³/mol. The zero-order chi connectivity index (χ0) is 15.8. The molecule has 0 aromatic heterocycles. The average molecular weight is 294 g/mol. The number of carbonyl (C=O) groups is 2. The van der Waals surface area contributed by atoms with E-state index in [9.17, 15) is 9.59 Å². The highest BCUT2D eigenvalue weighted by molar-refractivity contribution is 5.90. The van der Waals surface area contributed by atoms with Gasteiger partial charge >= 0.3 is 12.0 Å². The number of rotatable bonds is 7. The fourth-order valence-corrected chi connectivity index (χ4v) is 1.90. The zero-order valence-corrected chi connectivity index (χ0v) is 12.6. The Hall–Kier alpha value is -2.08. The maximum atomic E-state index is 11.9. The van der Waals surface area contributed by atoms with Gasteiger partial charge in [-0.15, -0.1) is 0 Å². The van der Waals surface area contributed by atoms with Crippen LogP contribution in [0.3, 0.4) is 0 Å². The van der Waals surface area contributed by atoms with Crippen molar-refractivity contribution in [2.24, 2.45) is 11.8 Å². The molecule has 1 rings (SSSR count). The number of para-hydroxylation sites is 1. The minimum absolute atomic E-state index is 0.0522. The van der Waals surface area contributed by atoms with Crippen LogP contribution in [0.15, 0.2) is 24.3 Å². The Morgan fingerprint density at radius 2 is 1.95 bits per heavy atom. The fourth-order valence-electron chi connectivity index (χ4n) is 1.90. The van der Waals surface area contributed by atoms with E-state index in [0.29, 0.717) is 12.3 Å². The van der Waals surface area contributed by atoms with E-state index in [1.807, 2.05) is 32.0 Å². The van der Waals surface area contributed by atoms with Crippen LogP contribution in [0.25, 0.3) is 0 Å². The van der Waals surface area contributed by atoms with Gasteiger partial charge in [0.05, 0.1) is 12.5 Å². The summed E-state index contributed by atoms with van der Waals surface area (Å²) < 4.78 is 5.06. The first-order chi connectivity index (χ1) is 9.95. The quantitative estimate of drug-likeness (QED) is 0.720. The molecule has 6 heteroatoms. The number of nitrogens with one attached hydrogen (secondary N) is 2. The van der Waals surface area contributed by atoms with E-state index in [4.69, 9.17) is 9.84 Å². The topological polar surface area (TPSA) is 87.7 Å². The van der Waals surface area contributed by atoms with Gasteiger partial charge in [-0.3, -0.25) is 4.79 Å². The number of anilines is 1. The van der Waals surface area contributed by atoms with Gasteiger partial charge in [-0.2, -0.15) is 0 Å². The molecule has 0 aliphatic heterocycles. The largest absolute Gasteiger partial charge is 0.481 e. The first-order valence-electron chi connectivity index (χ1n) is 6.80. The number of hydrogen-bond acceptors (Lipinski definition) is 3. The number of urea groups is 1. The molecule has 2 amide bonds. The summed E-state index contributed by atoms with van der Waals surface area (Å²) >= 11 is 0. The number of carboxylic acids is 1. The van der Waals surface area contributed by atoms with Crippen molar-refractivity contribution in [3.63, 3.8) is 0 Å². The number of ether oxygens (including phenoxy) is 1. The molecule has 0 aliphatic carbocycles. The van der Waals surface area contributed by atoms with E-state index >= 15 is 0 Å². The summed E-state index contributed by atoms with van der Waals surface area (Å²) in [6.45, 7) is 4.10. The second-order valence-electron chi connectivity index (χ2n) is 5.11. The maximum Gasteiger partial charge on any atom is 0.319 e. The van der Waals surface area contributed by atoms with Gasteiger partial charge in [0.2, 0.25) is 0 Å². The Morgan fingerprint density at radius 1 is 1.29 bits per heavy atom. The van der Waals surface area contributed by atoms with Gasteiger partial charge in [0, 0.05) is 24.9 Å². The van der Waals surface area contributed by atoms with E-state index < -0.39 is 17.9 Å². The molecule has 0 saturated carbocycles. The highest BCUT2D eigenvalue weighted by Gasteiger charge is 2.22. The lowest BCUT2D eigenvalue weighted by molar-refractivity contribution is -0.142. The second-order valence-corrected chi connectivity index (χ2v) is 5.11. The SMILES string of the molecule is COCc1ccccc1NC(=O)NCC(C(=O)O)C(C)C. The molecule has 1 atom stereocenters. The van der Waals surface area contributed by atoms with Crippen LogP contribution in [0.4, 0.5) is 10.5 Å². The fraction of sp³-hybridized carbons (Fsp3) is 0.467. The van der Waals surface area contributed by atoms with Crippen molar-refractivity contribution in [2.45, 2.75) is 20.5 Å². The van der Waals surface area contributed by atoms with Gasteiger partial charge in [0.25, 0.3) is 0 Å². The highest BCUT2D eigenvalue weighted by Crippen LogP contribution is 2.16. The van der Waals surface area contributed by atoms with E-state index in [2.05, 4.69) is 10.6 Å². The van der Waals surface area contributed by atoms with Crippen LogP contribution in [-0.2, 0) is 16.1 Å². The molecule has 6 nitrogen and oxygen atoms in total. The van der Waals surface area contributed by atoms with E-state index in [1.165, 1.54) is 0 Å². The van der Waals surface area contributed by atoms with Gasteiger partial charge in [-0.1, -0.05) is 32.0 Å². The van der Waals surface area contributed by atoms with Gasteiger partial charge in [-0.05, 0) is 12.0 Å². The number of carbonyl (C=O) groups excluding carboxylic acids is 1. The molecule has 0 fully saturated rings. The molecule has 0 aliphatic rings. The van der Waals surface area contributed by atoms with Crippen LogP contribution in [0.1, 0.15) is 19.4 Å². The smallest absolute Gasteiger partial charge is 0.319 e. The highest BCUT2D eigenvalue weighted by atomic mass is 16.5. The molecule has 1 unspecified atom stereocenters. The number of carboxylic acid groups (broad SMARTS) is 1. The van der Waals surface area contributed by atoms with E-state index in [1.54, 1.807) is 13.2 Å². The average Bonchev–Trinajstić information content (AvgIpc) is 2.40. The minimum atomic E-state index is -0.912. The van der Waals surface area contributed by atoms with E-state index in [0.717, 1.165) is 5.56 Å². The molecule has 3 N–H and O–H groups in total. The first kappa shape index (κ1) is 17.0. The number of benzene rings is 1.